The van der Waals surface area contributed by atoms with Gasteiger partial charge >= 0.3 is 6.18 Å². The molecule has 2 aromatic rings. The average molecular weight is 488 g/mol. The molecule has 1 atom stereocenters. The third kappa shape index (κ3) is 4.95. The number of morpholine rings is 1. The minimum atomic E-state index is -4.72. The highest BCUT2D eigenvalue weighted by molar-refractivity contribution is 7.89. The van der Waals surface area contributed by atoms with E-state index >= 15 is 0 Å². The zero-order valence-corrected chi connectivity index (χ0v) is 18.9. The largest absolute Gasteiger partial charge is 0.418 e. The van der Waals surface area contributed by atoms with Crippen molar-refractivity contribution in [1.82, 2.24) is 4.31 Å². The monoisotopic (exact) mass is 487 g/mol. The first-order valence-electron chi connectivity index (χ1n) is 10.6. The quantitative estimate of drug-likeness (QED) is 0.618. The molecule has 2 heterocycles. The van der Waals surface area contributed by atoms with E-state index in [4.69, 9.17) is 4.74 Å². The zero-order chi connectivity index (χ0) is 23.8. The minimum Gasteiger partial charge on any atom is -0.378 e. The van der Waals surface area contributed by atoms with Crippen molar-refractivity contribution in [3.05, 3.63) is 53.8 Å². The fraction of sp³-hybridized carbons (Fsp3) is 0.455. The Labute approximate surface area is 190 Å². The van der Waals surface area contributed by atoms with E-state index in [2.05, 4.69) is 4.90 Å². The number of halogens is 4. The summed E-state index contributed by atoms with van der Waals surface area (Å²) < 4.78 is 86.9. The molecule has 6 nitrogen and oxygen atoms in total. The number of hydrogen-bond acceptors (Lipinski definition) is 5. The number of nitrogens with zero attached hydrogens (tertiary/aromatic N) is 3. The van der Waals surface area contributed by atoms with E-state index in [0.29, 0.717) is 19.3 Å². The maximum absolute atomic E-state index is 13.5. The third-order valence-electron chi connectivity index (χ3n) is 5.99. The van der Waals surface area contributed by atoms with Crippen LogP contribution in [0.1, 0.15) is 12.5 Å². The van der Waals surface area contributed by atoms with Gasteiger partial charge in [0.1, 0.15) is 5.82 Å². The molecule has 0 aromatic heterocycles. The van der Waals surface area contributed by atoms with Gasteiger partial charge < -0.3 is 14.5 Å². The Balaban J connectivity index is 1.51. The first kappa shape index (κ1) is 23.8. The van der Waals surface area contributed by atoms with E-state index in [1.54, 1.807) is 31.2 Å². The van der Waals surface area contributed by atoms with Crippen LogP contribution in [-0.2, 0) is 20.9 Å². The molecule has 0 aliphatic carbocycles. The number of piperazine rings is 1. The highest BCUT2D eigenvalue weighted by Gasteiger charge is 2.39. The Morgan fingerprint density at radius 1 is 0.939 bits per heavy atom. The van der Waals surface area contributed by atoms with Crippen molar-refractivity contribution in [1.29, 1.82) is 0 Å². The molecule has 2 aliphatic rings. The predicted molar refractivity (Wildman–Crippen MR) is 116 cm³/mol. The summed E-state index contributed by atoms with van der Waals surface area (Å²) >= 11 is 0. The number of rotatable bonds is 4. The first-order chi connectivity index (χ1) is 15.6. The predicted octanol–water partition coefficient (Wildman–Crippen LogP) is 3.58. The summed E-state index contributed by atoms with van der Waals surface area (Å²) in [7, 11) is -3.83. The number of hydrogen-bond donors (Lipinski definition) is 0. The Morgan fingerprint density at radius 3 is 2.21 bits per heavy atom. The lowest BCUT2D eigenvalue weighted by atomic mass is 10.1. The topological polar surface area (TPSA) is 53.1 Å². The maximum Gasteiger partial charge on any atom is 0.418 e. The maximum atomic E-state index is 13.5. The van der Waals surface area contributed by atoms with Gasteiger partial charge in [-0.05, 0) is 49.4 Å². The highest BCUT2D eigenvalue weighted by atomic mass is 32.2. The van der Waals surface area contributed by atoms with Gasteiger partial charge in [-0.3, -0.25) is 0 Å². The van der Waals surface area contributed by atoms with Gasteiger partial charge in [0.2, 0.25) is 10.0 Å². The van der Waals surface area contributed by atoms with Gasteiger partial charge in [0.05, 0.1) is 23.7 Å². The first-order valence-corrected chi connectivity index (χ1v) is 12.1. The lowest BCUT2D eigenvalue weighted by Crippen LogP contribution is -2.54. The summed E-state index contributed by atoms with van der Waals surface area (Å²) in [6.45, 7) is 4.48. The van der Waals surface area contributed by atoms with Gasteiger partial charge in [-0.15, -0.1) is 0 Å². The van der Waals surface area contributed by atoms with E-state index in [0.717, 1.165) is 30.9 Å². The summed E-state index contributed by atoms with van der Waals surface area (Å²) in [6.07, 6.45) is -4.72. The van der Waals surface area contributed by atoms with Gasteiger partial charge in [-0.25, -0.2) is 12.8 Å². The smallest absolute Gasteiger partial charge is 0.378 e. The van der Waals surface area contributed by atoms with E-state index in [1.165, 1.54) is 9.21 Å². The molecule has 0 amide bonds. The molecule has 2 aliphatic heterocycles. The minimum absolute atomic E-state index is 0.0173. The third-order valence-corrected chi connectivity index (χ3v) is 8.02. The lowest BCUT2D eigenvalue weighted by Gasteiger charge is -2.40. The second kappa shape index (κ2) is 9.11. The summed E-state index contributed by atoms with van der Waals surface area (Å²) in [5, 5.41) is 0. The molecule has 2 fully saturated rings. The Bertz CT molecular complexity index is 1090. The normalized spacial score (nSPS) is 20.8. The number of sulfonamides is 1. The molecule has 180 valence electrons. The van der Waals surface area contributed by atoms with Gasteiger partial charge in [-0.2, -0.15) is 17.5 Å². The van der Waals surface area contributed by atoms with Crippen LogP contribution >= 0.6 is 0 Å². The van der Waals surface area contributed by atoms with Crippen LogP contribution in [0.15, 0.2) is 47.4 Å². The molecular formula is C22H25F4N3O3S. The second-order valence-corrected chi connectivity index (χ2v) is 10.1. The van der Waals surface area contributed by atoms with Gasteiger partial charge in [0.15, 0.2) is 0 Å². The SMILES string of the molecule is C[C@@H]1CN(c2ccc(F)cc2C(F)(F)F)CCN1S(=O)(=O)c1ccc(N2CCOCC2)cc1. The summed E-state index contributed by atoms with van der Waals surface area (Å²) in [6, 6.07) is 8.60. The second-order valence-electron chi connectivity index (χ2n) is 8.16. The average Bonchev–Trinajstić information content (AvgIpc) is 2.79. The fourth-order valence-corrected chi connectivity index (χ4v) is 5.93. The van der Waals surface area contributed by atoms with Crippen LogP contribution in [0, 0.1) is 5.82 Å². The zero-order valence-electron chi connectivity index (χ0n) is 18.1. The van der Waals surface area contributed by atoms with Crippen molar-refractivity contribution in [3.8, 4) is 0 Å². The van der Waals surface area contributed by atoms with Crippen molar-refractivity contribution in [2.24, 2.45) is 0 Å². The van der Waals surface area contributed by atoms with E-state index in [-0.39, 0.29) is 30.2 Å². The van der Waals surface area contributed by atoms with E-state index in [1.807, 2.05) is 0 Å². The molecule has 0 bridgehead atoms. The number of benzene rings is 2. The standard InChI is InChI=1S/C22H25F4N3O3S/c1-16-15-28(21-7-2-17(23)14-20(21)22(24,25)26)8-9-29(16)33(30,31)19-5-3-18(4-6-19)27-10-12-32-13-11-27/h2-7,14,16H,8-13,15H2,1H3/t16-/m1/s1. The van der Waals surface area contributed by atoms with Gasteiger partial charge in [-0.1, -0.05) is 0 Å². The van der Waals surface area contributed by atoms with Crippen LogP contribution in [0.2, 0.25) is 0 Å². The molecule has 0 saturated carbocycles. The van der Waals surface area contributed by atoms with Crippen LogP contribution in [0.4, 0.5) is 28.9 Å². The molecule has 0 radical (unpaired) electrons. The van der Waals surface area contributed by atoms with Crippen molar-refractivity contribution in [3.63, 3.8) is 0 Å². The molecule has 4 rings (SSSR count). The van der Waals surface area contributed by atoms with E-state index in [9.17, 15) is 26.0 Å². The fourth-order valence-electron chi connectivity index (χ4n) is 4.31. The summed E-state index contributed by atoms with van der Waals surface area (Å²) in [4.78, 5) is 3.71. The molecular weight excluding hydrogens is 462 g/mol. The van der Waals surface area contributed by atoms with Crippen molar-refractivity contribution < 1.29 is 30.7 Å². The van der Waals surface area contributed by atoms with Crippen molar-refractivity contribution in [2.75, 3.05) is 55.7 Å². The van der Waals surface area contributed by atoms with Crippen molar-refractivity contribution in [2.45, 2.75) is 24.0 Å². The lowest BCUT2D eigenvalue weighted by molar-refractivity contribution is -0.137. The number of anilines is 2. The number of ether oxygens (including phenoxy) is 1. The molecule has 0 N–H and O–H groups in total. The van der Waals surface area contributed by atoms with Crippen LogP contribution in [0.3, 0.4) is 0 Å². The highest BCUT2D eigenvalue weighted by Crippen LogP contribution is 2.38. The Morgan fingerprint density at radius 2 is 1.61 bits per heavy atom. The molecule has 11 heteroatoms. The van der Waals surface area contributed by atoms with Gasteiger partial charge in [0.25, 0.3) is 0 Å². The molecule has 2 aromatic carbocycles. The summed E-state index contributed by atoms with van der Waals surface area (Å²) in [5.41, 5.74) is -0.307. The van der Waals surface area contributed by atoms with Crippen LogP contribution in [0.5, 0.6) is 0 Å². The van der Waals surface area contributed by atoms with Crippen LogP contribution < -0.4 is 9.80 Å². The Hall–Kier alpha value is -2.37. The Kier molecular flexibility index (Phi) is 6.56. The van der Waals surface area contributed by atoms with Crippen LogP contribution in [-0.4, -0.2) is 64.7 Å². The van der Waals surface area contributed by atoms with Crippen molar-refractivity contribution >= 4 is 21.4 Å². The van der Waals surface area contributed by atoms with E-state index < -0.39 is 33.6 Å². The number of alkyl halides is 3. The molecule has 33 heavy (non-hydrogen) atoms. The molecule has 0 spiro atoms. The molecule has 0 unspecified atom stereocenters. The molecule has 2 saturated heterocycles. The van der Waals surface area contributed by atoms with Crippen LogP contribution in [0.25, 0.3) is 0 Å². The van der Waals surface area contributed by atoms with Gasteiger partial charge in [0, 0.05) is 50.1 Å². The summed E-state index contributed by atoms with van der Waals surface area (Å²) in [5.74, 6) is -0.971.